The average Bonchev–Trinajstić information content (AvgIpc) is 2.91. The Balaban J connectivity index is 1.23. The number of rotatable bonds is 8. The Bertz CT molecular complexity index is 1140. The van der Waals surface area contributed by atoms with Crippen LogP contribution >= 0.6 is 0 Å². The van der Waals surface area contributed by atoms with Crippen LogP contribution in [-0.2, 0) is 22.6 Å². The minimum Gasteiger partial charge on any atom is -0.426 e. The summed E-state index contributed by atoms with van der Waals surface area (Å²) in [6.45, 7) is 1.52. The molecular formula is C29H30N2O4. The number of aryl methyl sites for hydroxylation is 1. The van der Waals surface area contributed by atoms with Crippen LogP contribution in [0.4, 0.5) is 0 Å². The molecule has 0 unspecified atom stereocenters. The van der Waals surface area contributed by atoms with Gasteiger partial charge in [0.2, 0.25) is 5.91 Å². The fourth-order valence-corrected chi connectivity index (χ4v) is 4.20. The van der Waals surface area contributed by atoms with E-state index in [1.807, 2.05) is 65.6 Å². The predicted molar refractivity (Wildman–Crippen MR) is 134 cm³/mol. The lowest BCUT2D eigenvalue weighted by Gasteiger charge is -2.31. The molecule has 1 aliphatic rings. The van der Waals surface area contributed by atoms with Gasteiger partial charge in [-0.1, -0.05) is 66.7 Å². The number of nitrogens with zero attached hydrogens (tertiary/aromatic N) is 1. The van der Waals surface area contributed by atoms with Crippen LogP contribution in [0.25, 0.3) is 0 Å². The minimum absolute atomic E-state index is 0.120. The molecule has 1 aliphatic heterocycles. The molecule has 2 amide bonds. The molecule has 6 heteroatoms. The van der Waals surface area contributed by atoms with Crippen LogP contribution in [0, 0.1) is 5.92 Å². The summed E-state index contributed by atoms with van der Waals surface area (Å²) in [7, 11) is 0. The second-order valence-corrected chi connectivity index (χ2v) is 8.76. The van der Waals surface area contributed by atoms with Crippen LogP contribution in [0.5, 0.6) is 5.75 Å². The van der Waals surface area contributed by atoms with Gasteiger partial charge in [0.1, 0.15) is 5.75 Å². The summed E-state index contributed by atoms with van der Waals surface area (Å²) in [4.78, 5) is 39.6. The van der Waals surface area contributed by atoms with Crippen molar-refractivity contribution in [1.29, 1.82) is 0 Å². The van der Waals surface area contributed by atoms with Gasteiger partial charge in [0.05, 0.1) is 5.92 Å². The maximum Gasteiger partial charge on any atom is 0.314 e. The molecule has 0 saturated carbocycles. The average molecular weight is 471 g/mol. The lowest BCUT2D eigenvalue weighted by molar-refractivity contribution is -0.143. The van der Waals surface area contributed by atoms with Crippen LogP contribution in [-0.4, -0.2) is 35.8 Å². The van der Waals surface area contributed by atoms with Crippen LogP contribution < -0.4 is 10.1 Å². The molecule has 0 radical (unpaired) electrons. The summed E-state index contributed by atoms with van der Waals surface area (Å²) < 4.78 is 5.59. The van der Waals surface area contributed by atoms with Crippen molar-refractivity contribution in [1.82, 2.24) is 10.2 Å². The molecule has 1 saturated heterocycles. The van der Waals surface area contributed by atoms with Crippen molar-refractivity contribution in [3.8, 4) is 5.75 Å². The normalized spacial score (nSPS) is 13.8. The van der Waals surface area contributed by atoms with Crippen LogP contribution in [0.2, 0.25) is 0 Å². The number of amides is 2. The van der Waals surface area contributed by atoms with Crippen molar-refractivity contribution >= 4 is 17.8 Å². The Labute approximate surface area is 205 Å². The largest absolute Gasteiger partial charge is 0.426 e. The van der Waals surface area contributed by atoms with E-state index in [9.17, 15) is 14.4 Å². The van der Waals surface area contributed by atoms with Crippen LogP contribution in [0.3, 0.4) is 0 Å². The maximum absolute atomic E-state index is 12.7. The number of hydrogen-bond acceptors (Lipinski definition) is 4. The number of esters is 1. The molecule has 0 spiro atoms. The van der Waals surface area contributed by atoms with E-state index in [2.05, 4.69) is 5.32 Å². The van der Waals surface area contributed by atoms with E-state index in [1.54, 1.807) is 24.3 Å². The molecule has 3 aromatic rings. The van der Waals surface area contributed by atoms with E-state index in [1.165, 1.54) is 0 Å². The molecule has 0 bridgehead atoms. The fraction of sp³-hybridized carbons (Fsp3) is 0.276. The van der Waals surface area contributed by atoms with Gasteiger partial charge in [-0.3, -0.25) is 14.4 Å². The molecule has 1 heterocycles. The van der Waals surface area contributed by atoms with Crippen molar-refractivity contribution in [2.45, 2.75) is 32.2 Å². The van der Waals surface area contributed by atoms with Gasteiger partial charge in [0.25, 0.3) is 5.91 Å². The highest BCUT2D eigenvalue weighted by Gasteiger charge is 2.28. The number of carbonyl (C=O) groups excluding carboxylic acids is 3. The zero-order valence-corrected chi connectivity index (χ0v) is 19.7. The van der Waals surface area contributed by atoms with Gasteiger partial charge in [-0.15, -0.1) is 0 Å². The van der Waals surface area contributed by atoms with Gasteiger partial charge in [-0.25, -0.2) is 0 Å². The summed E-state index contributed by atoms with van der Waals surface area (Å²) in [6.07, 6.45) is 2.34. The van der Waals surface area contributed by atoms with E-state index in [0.29, 0.717) is 50.2 Å². The molecule has 1 fully saturated rings. The SMILES string of the molecule is O=C(NCc1ccccc1)c1cccc(OC(=O)C2CCN(C(=O)CCc3ccccc3)CC2)c1. The maximum atomic E-state index is 12.7. The van der Waals surface area contributed by atoms with Gasteiger partial charge in [0, 0.05) is 31.6 Å². The first kappa shape index (κ1) is 24.2. The third-order valence-corrected chi connectivity index (χ3v) is 6.26. The lowest BCUT2D eigenvalue weighted by atomic mass is 9.96. The number of ether oxygens (including phenoxy) is 1. The molecule has 180 valence electrons. The van der Waals surface area contributed by atoms with Gasteiger partial charge >= 0.3 is 5.97 Å². The molecule has 3 aromatic carbocycles. The number of likely N-dealkylation sites (tertiary alicyclic amines) is 1. The van der Waals surface area contributed by atoms with E-state index in [4.69, 9.17) is 4.74 Å². The summed E-state index contributed by atoms with van der Waals surface area (Å²) in [5.74, 6) is -0.334. The molecule has 6 nitrogen and oxygen atoms in total. The standard InChI is InChI=1S/C29H30N2O4/c32-27(15-14-22-8-3-1-4-9-22)31-18-16-24(17-19-31)29(34)35-26-13-7-12-25(20-26)28(33)30-21-23-10-5-2-6-11-23/h1-13,20,24H,14-19,21H2,(H,30,33). The van der Waals surface area contributed by atoms with E-state index in [-0.39, 0.29) is 23.7 Å². The second kappa shape index (κ2) is 12.0. The third kappa shape index (κ3) is 7.03. The number of carbonyl (C=O) groups is 3. The minimum atomic E-state index is -0.316. The van der Waals surface area contributed by atoms with Crippen LogP contribution in [0.15, 0.2) is 84.9 Å². The highest BCUT2D eigenvalue weighted by molar-refractivity contribution is 5.94. The van der Waals surface area contributed by atoms with Crippen LogP contribution in [0.1, 0.15) is 40.7 Å². The highest BCUT2D eigenvalue weighted by atomic mass is 16.5. The number of piperidine rings is 1. The number of hydrogen-bond donors (Lipinski definition) is 1. The Morgan fingerprint density at radius 1 is 0.829 bits per heavy atom. The topological polar surface area (TPSA) is 75.7 Å². The van der Waals surface area contributed by atoms with E-state index in [0.717, 1.165) is 17.5 Å². The summed E-state index contributed by atoms with van der Waals surface area (Å²) in [5, 5.41) is 2.88. The van der Waals surface area contributed by atoms with Gasteiger partial charge in [-0.05, 0) is 48.6 Å². The second-order valence-electron chi connectivity index (χ2n) is 8.76. The fourth-order valence-electron chi connectivity index (χ4n) is 4.20. The van der Waals surface area contributed by atoms with Gasteiger partial charge < -0.3 is 15.0 Å². The first-order chi connectivity index (χ1) is 17.1. The first-order valence-electron chi connectivity index (χ1n) is 12.0. The third-order valence-electron chi connectivity index (χ3n) is 6.26. The van der Waals surface area contributed by atoms with Crippen molar-refractivity contribution in [2.75, 3.05) is 13.1 Å². The molecule has 0 aromatic heterocycles. The van der Waals surface area contributed by atoms with E-state index < -0.39 is 0 Å². The molecule has 35 heavy (non-hydrogen) atoms. The van der Waals surface area contributed by atoms with Crippen molar-refractivity contribution in [3.63, 3.8) is 0 Å². The quantitative estimate of drug-likeness (QED) is 0.391. The molecular weight excluding hydrogens is 440 g/mol. The zero-order chi connectivity index (χ0) is 24.5. The van der Waals surface area contributed by atoms with Crippen molar-refractivity contribution in [3.05, 3.63) is 102 Å². The van der Waals surface area contributed by atoms with E-state index >= 15 is 0 Å². The number of benzene rings is 3. The smallest absolute Gasteiger partial charge is 0.314 e. The predicted octanol–water partition coefficient (Wildman–Crippen LogP) is 4.39. The number of nitrogens with one attached hydrogen (secondary N) is 1. The molecule has 0 aliphatic carbocycles. The molecule has 1 N–H and O–H groups in total. The first-order valence-corrected chi connectivity index (χ1v) is 12.0. The summed E-state index contributed by atoms with van der Waals surface area (Å²) >= 11 is 0. The van der Waals surface area contributed by atoms with Gasteiger partial charge in [0.15, 0.2) is 0 Å². The Kier molecular flexibility index (Phi) is 8.28. The monoisotopic (exact) mass is 470 g/mol. The van der Waals surface area contributed by atoms with Crippen molar-refractivity contribution < 1.29 is 19.1 Å². The summed E-state index contributed by atoms with van der Waals surface area (Å²) in [5.41, 5.74) is 2.59. The van der Waals surface area contributed by atoms with Crippen molar-refractivity contribution in [2.24, 2.45) is 5.92 Å². The Hall–Kier alpha value is -3.93. The zero-order valence-electron chi connectivity index (χ0n) is 19.7. The summed E-state index contributed by atoms with van der Waals surface area (Å²) in [6, 6.07) is 26.3. The Morgan fingerprint density at radius 3 is 2.17 bits per heavy atom. The van der Waals surface area contributed by atoms with Gasteiger partial charge in [-0.2, -0.15) is 0 Å². The molecule has 4 rings (SSSR count). The molecule has 0 atom stereocenters. The lowest BCUT2D eigenvalue weighted by Crippen LogP contribution is -2.41. The Morgan fingerprint density at radius 2 is 1.49 bits per heavy atom. The highest BCUT2D eigenvalue weighted by Crippen LogP contribution is 2.22.